The fourth-order valence-corrected chi connectivity index (χ4v) is 3.47. The molecule has 6 nitrogen and oxygen atoms in total. The van der Waals surface area contributed by atoms with Crippen LogP contribution in [-0.2, 0) is 0 Å². The molecule has 1 amide bonds. The molecule has 24 heavy (non-hydrogen) atoms. The van der Waals surface area contributed by atoms with Crippen LogP contribution in [0.3, 0.4) is 0 Å². The van der Waals surface area contributed by atoms with Crippen LogP contribution in [0.4, 0.5) is 0 Å². The van der Waals surface area contributed by atoms with E-state index in [0.29, 0.717) is 5.69 Å². The van der Waals surface area contributed by atoms with Gasteiger partial charge in [0.2, 0.25) is 0 Å². The molecule has 0 atom stereocenters. The number of H-pyrrole nitrogens is 2. The number of carbonyl (C=O) groups is 1. The second kappa shape index (κ2) is 6.11. The average molecular weight is 323 g/mol. The summed E-state index contributed by atoms with van der Waals surface area (Å²) in [4.78, 5) is 29.5. The lowest BCUT2D eigenvalue weighted by Gasteiger charge is -2.31. The number of amides is 1. The van der Waals surface area contributed by atoms with E-state index in [1.165, 1.54) is 12.7 Å². The maximum atomic E-state index is 12.7. The van der Waals surface area contributed by atoms with Crippen molar-refractivity contribution in [3.05, 3.63) is 36.5 Å². The second-order valence-electron chi connectivity index (χ2n) is 6.41. The lowest BCUT2D eigenvalue weighted by atomic mass is 9.94. The van der Waals surface area contributed by atoms with Gasteiger partial charge < -0.3 is 14.9 Å². The van der Waals surface area contributed by atoms with Gasteiger partial charge in [-0.2, -0.15) is 0 Å². The number of piperidine rings is 1. The van der Waals surface area contributed by atoms with E-state index in [2.05, 4.69) is 26.9 Å². The Hall–Kier alpha value is -2.63. The zero-order valence-corrected chi connectivity index (χ0v) is 13.7. The lowest BCUT2D eigenvalue weighted by Crippen LogP contribution is -2.38. The first-order valence-electron chi connectivity index (χ1n) is 8.52. The number of rotatable bonds is 3. The standard InChI is InChI=1S/C18H21N5O/c1-2-12-4-7-23(8-5-12)18(24)15-9-13(10-20-15)16-14-3-6-19-17(14)22-11-21-16/h3,6,9-12,20H,2,4-5,7-8H2,1H3,(H,19,21,22). The Morgan fingerprint density at radius 3 is 2.92 bits per heavy atom. The summed E-state index contributed by atoms with van der Waals surface area (Å²) in [6.45, 7) is 3.92. The number of likely N-dealkylation sites (tertiary alicyclic amines) is 1. The molecule has 1 saturated heterocycles. The predicted molar refractivity (Wildman–Crippen MR) is 92.6 cm³/mol. The largest absolute Gasteiger partial charge is 0.357 e. The number of aromatic amines is 2. The molecule has 1 fully saturated rings. The summed E-state index contributed by atoms with van der Waals surface area (Å²) < 4.78 is 0. The SMILES string of the molecule is CCC1CCN(C(=O)c2cc(-c3ncnc4[nH]ccc34)c[nH]2)CC1. The minimum atomic E-state index is 0.0789. The average Bonchev–Trinajstić information content (AvgIpc) is 3.30. The highest BCUT2D eigenvalue weighted by molar-refractivity contribution is 5.96. The Balaban J connectivity index is 1.57. The van der Waals surface area contributed by atoms with Crippen molar-refractivity contribution in [2.24, 2.45) is 5.92 Å². The minimum Gasteiger partial charge on any atom is -0.357 e. The van der Waals surface area contributed by atoms with Gasteiger partial charge in [0.1, 0.15) is 17.7 Å². The molecule has 3 aromatic rings. The van der Waals surface area contributed by atoms with E-state index in [4.69, 9.17) is 0 Å². The molecule has 124 valence electrons. The summed E-state index contributed by atoms with van der Waals surface area (Å²) in [7, 11) is 0. The van der Waals surface area contributed by atoms with Gasteiger partial charge in [0.15, 0.2) is 0 Å². The molecule has 1 aliphatic rings. The van der Waals surface area contributed by atoms with E-state index >= 15 is 0 Å². The first-order chi connectivity index (χ1) is 11.8. The number of carbonyl (C=O) groups excluding carboxylic acids is 1. The van der Waals surface area contributed by atoms with Crippen LogP contribution >= 0.6 is 0 Å². The highest BCUT2D eigenvalue weighted by atomic mass is 16.2. The second-order valence-corrected chi connectivity index (χ2v) is 6.41. The van der Waals surface area contributed by atoms with Crippen LogP contribution in [0.1, 0.15) is 36.7 Å². The van der Waals surface area contributed by atoms with Gasteiger partial charge in [-0.25, -0.2) is 9.97 Å². The molecule has 1 aliphatic heterocycles. The molecule has 2 N–H and O–H groups in total. The maximum Gasteiger partial charge on any atom is 0.270 e. The molecule has 4 heterocycles. The zero-order chi connectivity index (χ0) is 16.5. The molecule has 0 bridgehead atoms. The van der Waals surface area contributed by atoms with Gasteiger partial charge in [-0.3, -0.25) is 4.79 Å². The predicted octanol–water partition coefficient (Wildman–Crippen LogP) is 3.22. The molecule has 6 heteroatoms. The minimum absolute atomic E-state index is 0.0789. The molecule has 0 unspecified atom stereocenters. The molecular formula is C18H21N5O. The van der Waals surface area contributed by atoms with Crippen molar-refractivity contribution in [3.63, 3.8) is 0 Å². The van der Waals surface area contributed by atoms with Gasteiger partial charge in [-0.1, -0.05) is 13.3 Å². The number of aromatic nitrogens is 4. The Labute approximate surface area is 140 Å². The van der Waals surface area contributed by atoms with Crippen molar-refractivity contribution in [3.8, 4) is 11.3 Å². The van der Waals surface area contributed by atoms with Crippen LogP contribution in [-0.4, -0.2) is 43.8 Å². The highest BCUT2D eigenvalue weighted by Gasteiger charge is 2.24. The summed E-state index contributed by atoms with van der Waals surface area (Å²) in [5.74, 6) is 0.839. The van der Waals surface area contributed by atoms with Gasteiger partial charge in [-0.15, -0.1) is 0 Å². The molecular weight excluding hydrogens is 302 g/mol. The number of nitrogens with zero attached hydrogens (tertiary/aromatic N) is 3. The molecule has 0 radical (unpaired) electrons. The van der Waals surface area contributed by atoms with Gasteiger partial charge in [0, 0.05) is 36.4 Å². The smallest absolute Gasteiger partial charge is 0.270 e. The normalized spacial score (nSPS) is 16.0. The summed E-state index contributed by atoms with van der Waals surface area (Å²) in [5.41, 5.74) is 3.17. The van der Waals surface area contributed by atoms with Crippen molar-refractivity contribution < 1.29 is 4.79 Å². The molecule has 3 aromatic heterocycles. The van der Waals surface area contributed by atoms with Crippen molar-refractivity contribution in [2.75, 3.05) is 13.1 Å². The summed E-state index contributed by atoms with van der Waals surface area (Å²) in [6, 6.07) is 3.84. The Morgan fingerprint density at radius 2 is 2.12 bits per heavy atom. The Bertz CT molecular complexity index is 857. The van der Waals surface area contributed by atoms with Gasteiger partial charge in [0.25, 0.3) is 5.91 Å². The van der Waals surface area contributed by atoms with E-state index in [1.54, 1.807) is 0 Å². The van der Waals surface area contributed by atoms with Crippen molar-refractivity contribution in [1.29, 1.82) is 0 Å². The van der Waals surface area contributed by atoms with E-state index < -0.39 is 0 Å². The third-order valence-electron chi connectivity index (χ3n) is 5.02. The van der Waals surface area contributed by atoms with E-state index in [0.717, 1.165) is 54.1 Å². The van der Waals surface area contributed by atoms with Gasteiger partial charge in [0.05, 0.1) is 5.69 Å². The number of hydrogen-bond acceptors (Lipinski definition) is 3. The number of nitrogens with one attached hydrogen (secondary N) is 2. The van der Waals surface area contributed by atoms with Crippen molar-refractivity contribution in [1.82, 2.24) is 24.8 Å². The van der Waals surface area contributed by atoms with E-state index in [9.17, 15) is 4.79 Å². The highest BCUT2D eigenvalue weighted by Crippen LogP contribution is 2.26. The summed E-state index contributed by atoms with van der Waals surface area (Å²) >= 11 is 0. The first kappa shape index (κ1) is 14.9. The van der Waals surface area contributed by atoms with Crippen LogP contribution in [0, 0.1) is 5.92 Å². The lowest BCUT2D eigenvalue weighted by molar-refractivity contribution is 0.0683. The molecule has 0 saturated carbocycles. The van der Waals surface area contributed by atoms with Crippen molar-refractivity contribution >= 4 is 16.9 Å². The first-order valence-corrected chi connectivity index (χ1v) is 8.52. The number of hydrogen-bond donors (Lipinski definition) is 2. The van der Waals surface area contributed by atoms with E-state index in [1.807, 2.05) is 29.4 Å². The fraction of sp³-hybridized carbons (Fsp3) is 0.389. The van der Waals surface area contributed by atoms with Crippen LogP contribution < -0.4 is 0 Å². The van der Waals surface area contributed by atoms with Crippen LogP contribution in [0.15, 0.2) is 30.9 Å². The monoisotopic (exact) mass is 323 g/mol. The Kier molecular flexibility index (Phi) is 3.80. The summed E-state index contributed by atoms with van der Waals surface area (Å²) in [6.07, 6.45) is 8.64. The third kappa shape index (κ3) is 2.58. The molecule has 0 aromatic carbocycles. The quantitative estimate of drug-likeness (QED) is 0.777. The van der Waals surface area contributed by atoms with Crippen LogP contribution in [0.5, 0.6) is 0 Å². The molecule has 4 rings (SSSR count). The summed E-state index contributed by atoms with van der Waals surface area (Å²) in [5, 5.41) is 0.958. The van der Waals surface area contributed by atoms with Crippen molar-refractivity contribution in [2.45, 2.75) is 26.2 Å². The zero-order valence-electron chi connectivity index (χ0n) is 13.7. The number of fused-ring (bicyclic) bond motifs is 1. The van der Waals surface area contributed by atoms with E-state index in [-0.39, 0.29) is 5.91 Å². The van der Waals surface area contributed by atoms with Crippen LogP contribution in [0.25, 0.3) is 22.3 Å². The Morgan fingerprint density at radius 1 is 1.29 bits per heavy atom. The molecule has 0 spiro atoms. The van der Waals surface area contributed by atoms with Crippen LogP contribution in [0.2, 0.25) is 0 Å². The van der Waals surface area contributed by atoms with Gasteiger partial charge in [-0.05, 0) is 30.9 Å². The topological polar surface area (TPSA) is 77.7 Å². The fourth-order valence-electron chi connectivity index (χ4n) is 3.47. The maximum absolute atomic E-state index is 12.7. The van der Waals surface area contributed by atoms with Gasteiger partial charge >= 0.3 is 0 Å². The third-order valence-corrected chi connectivity index (χ3v) is 5.02. The molecule has 0 aliphatic carbocycles.